The first kappa shape index (κ1) is 21.3. The molecule has 1 saturated heterocycles. The summed E-state index contributed by atoms with van der Waals surface area (Å²) in [7, 11) is 3.20. The van der Waals surface area contributed by atoms with Crippen LogP contribution in [0.1, 0.15) is 39.7 Å². The molecule has 3 rings (SSSR count). The summed E-state index contributed by atoms with van der Waals surface area (Å²) in [6.07, 6.45) is 3.41. The number of hydrogen-bond donors (Lipinski definition) is 2. The van der Waals surface area contributed by atoms with Gasteiger partial charge in [0.15, 0.2) is 5.96 Å². The molecule has 1 aliphatic rings. The molecule has 0 bridgehead atoms. The SMILES string of the molecule is CN=C(NCCc1ccc(C(=O)OC)cc1)NCC(c1cccs1)N1CCCC1. The number of aliphatic imine (C=N–C) groups is 1. The molecule has 1 fully saturated rings. The standard InChI is InChI=1S/C22H30N4O2S/c1-23-22(24-12-11-17-7-9-18(10-8-17)21(27)28-2)25-16-19(20-6-5-15-29-20)26-13-3-4-14-26/h5-10,15,19H,3-4,11-14,16H2,1-2H3,(H2,23,24,25). The summed E-state index contributed by atoms with van der Waals surface area (Å²) < 4.78 is 4.74. The fourth-order valence-corrected chi connectivity index (χ4v) is 4.47. The number of esters is 1. The Morgan fingerprint density at radius 3 is 2.59 bits per heavy atom. The number of methoxy groups -OCH3 is 1. The van der Waals surface area contributed by atoms with Gasteiger partial charge in [-0.3, -0.25) is 9.89 Å². The second-order valence-corrected chi connectivity index (χ2v) is 8.07. The number of rotatable bonds is 8. The molecule has 0 amide bonds. The third-order valence-corrected chi connectivity index (χ3v) is 6.19. The minimum atomic E-state index is -0.308. The van der Waals surface area contributed by atoms with Crippen molar-refractivity contribution in [1.82, 2.24) is 15.5 Å². The van der Waals surface area contributed by atoms with Gasteiger partial charge in [-0.25, -0.2) is 4.79 Å². The molecule has 1 aliphatic heterocycles. The van der Waals surface area contributed by atoms with E-state index in [1.807, 2.05) is 23.5 Å². The molecule has 1 atom stereocenters. The average molecular weight is 415 g/mol. The van der Waals surface area contributed by atoms with Crippen LogP contribution in [-0.4, -0.2) is 57.2 Å². The molecule has 0 radical (unpaired) electrons. The van der Waals surface area contributed by atoms with Crippen molar-refractivity contribution in [3.8, 4) is 0 Å². The number of nitrogens with zero attached hydrogens (tertiary/aromatic N) is 2. The zero-order chi connectivity index (χ0) is 20.5. The first-order valence-electron chi connectivity index (χ1n) is 10.1. The Morgan fingerprint density at radius 1 is 1.21 bits per heavy atom. The lowest BCUT2D eigenvalue weighted by atomic mass is 10.1. The van der Waals surface area contributed by atoms with Crippen molar-refractivity contribution < 1.29 is 9.53 Å². The minimum absolute atomic E-state index is 0.308. The predicted molar refractivity (Wildman–Crippen MR) is 119 cm³/mol. The van der Waals surface area contributed by atoms with Gasteiger partial charge in [0, 0.05) is 25.0 Å². The van der Waals surface area contributed by atoms with Gasteiger partial charge in [0.05, 0.1) is 18.7 Å². The van der Waals surface area contributed by atoms with Crippen LogP contribution in [0.4, 0.5) is 0 Å². The quantitative estimate of drug-likeness (QED) is 0.395. The number of thiophene rings is 1. The smallest absolute Gasteiger partial charge is 0.337 e. The summed E-state index contributed by atoms with van der Waals surface area (Å²) in [5.41, 5.74) is 1.73. The maximum absolute atomic E-state index is 11.5. The van der Waals surface area contributed by atoms with Gasteiger partial charge >= 0.3 is 5.97 Å². The number of carbonyl (C=O) groups excluding carboxylic acids is 1. The van der Waals surface area contributed by atoms with E-state index in [-0.39, 0.29) is 5.97 Å². The summed E-state index contributed by atoms with van der Waals surface area (Å²) in [5.74, 6) is 0.509. The van der Waals surface area contributed by atoms with Gasteiger partial charge in [-0.1, -0.05) is 18.2 Å². The van der Waals surface area contributed by atoms with Crippen molar-refractivity contribution in [1.29, 1.82) is 0 Å². The van der Waals surface area contributed by atoms with Crippen LogP contribution in [0.15, 0.2) is 46.8 Å². The average Bonchev–Trinajstić information content (AvgIpc) is 3.47. The molecule has 0 spiro atoms. The van der Waals surface area contributed by atoms with E-state index in [1.165, 1.54) is 24.8 Å². The summed E-state index contributed by atoms with van der Waals surface area (Å²) in [4.78, 5) is 19.8. The van der Waals surface area contributed by atoms with Crippen molar-refractivity contribution in [2.75, 3.05) is 40.3 Å². The van der Waals surface area contributed by atoms with Crippen molar-refractivity contribution in [2.45, 2.75) is 25.3 Å². The first-order chi connectivity index (χ1) is 14.2. The molecular formula is C22H30N4O2S. The van der Waals surface area contributed by atoms with Gasteiger partial charge < -0.3 is 15.4 Å². The van der Waals surface area contributed by atoms with E-state index in [4.69, 9.17) is 4.74 Å². The molecule has 0 saturated carbocycles. The Morgan fingerprint density at radius 2 is 1.97 bits per heavy atom. The Kier molecular flexibility index (Phi) is 8.07. The summed E-state index contributed by atoms with van der Waals surface area (Å²) in [6, 6.07) is 12.3. The topological polar surface area (TPSA) is 66.0 Å². The van der Waals surface area contributed by atoms with Crippen molar-refractivity contribution in [3.63, 3.8) is 0 Å². The van der Waals surface area contributed by atoms with Gasteiger partial charge in [-0.15, -0.1) is 11.3 Å². The Bertz CT molecular complexity index is 784. The molecule has 1 unspecified atom stereocenters. The predicted octanol–water partition coefficient (Wildman–Crippen LogP) is 3.08. The van der Waals surface area contributed by atoms with E-state index in [2.05, 4.69) is 38.0 Å². The minimum Gasteiger partial charge on any atom is -0.465 e. The van der Waals surface area contributed by atoms with Crippen LogP contribution in [0.2, 0.25) is 0 Å². The molecule has 29 heavy (non-hydrogen) atoms. The summed E-state index contributed by atoms with van der Waals surface area (Å²) in [6.45, 7) is 3.94. The van der Waals surface area contributed by atoms with Gasteiger partial charge in [0.2, 0.25) is 0 Å². The van der Waals surface area contributed by atoms with E-state index in [0.717, 1.165) is 44.1 Å². The number of benzene rings is 1. The van der Waals surface area contributed by atoms with Gasteiger partial charge in [0.1, 0.15) is 0 Å². The molecule has 2 aromatic rings. The van der Waals surface area contributed by atoms with Crippen LogP contribution in [0, 0.1) is 0 Å². The van der Waals surface area contributed by atoms with E-state index < -0.39 is 0 Å². The lowest BCUT2D eigenvalue weighted by Gasteiger charge is -2.27. The third kappa shape index (κ3) is 6.05. The molecule has 2 heterocycles. The van der Waals surface area contributed by atoms with Crippen molar-refractivity contribution >= 4 is 23.3 Å². The largest absolute Gasteiger partial charge is 0.465 e. The van der Waals surface area contributed by atoms with E-state index in [9.17, 15) is 4.79 Å². The number of hydrogen-bond acceptors (Lipinski definition) is 5. The van der Waals surface area contributed by atoms with Crippen molar-refractivity contribution in [3.05, 3.63) is 57.8 Å². The van der Waals surface area contributed by atoms with Gasteiger partial charge in [0.25, 0.3) is 0 Å². The number of nitrogens with one attached hydrogen (secondary N) is 2. The third-order valence-electron chi connectivity index (χ3n) is 5.22. The highest BCUT2D eigenvalue weighted by Crippen LogP contribution is 2.27. The highest BCUT2D eigenvalue weighted by Gasteiger charge is 2.24. The Labute approximate surface area is 177 Å². The van der Waals surface area contributed by atoms with E-state index in [0.29, 0.717) is 11.6 Å². The normalized spacial score (nSPS) is 15.9. The zero-order valence-electron chi connectivity index (χ0n) is 17.2. The maximum atomic E-state index is 11.5. The summed E-state index contributed by atoms with van der Waals surface area (Å²) >= 11 is 1.82. The second-order valence-electron chi connectivity index (χ2n) is 7.09. The van der Waals surface area contributed by atoms with E-state index >= 15 is 0 Å². The number of carbonyl (C=O) groups is 1. The number of likely N-dealkylation sites (tertiary alicyclic amines) is 1. The highest BCUT2D eigenvalue weighted by molar-refractivity contribution is 7.10. The van der Waals surface area contributed by atoms with Crippen LogP contribution < -0.4 is 10.6 Å². The van der Waals surface area contributed by atoms with Gasteiger partial charge in [-0.2, -0.15) is 0 Å². The monoisotopic (exact) mass is 414 g/mol. The van der Waals surface area contributed by atoms with Crippen LogP contribution in [-0.2, 0) is 11.2 Å². The number of ether oxygens (including phenoxy) is 1. The van der Waals surface area contributed by atoms with Crippen LogP contribution in [0.5, 0.6) is 0 Å². The maximum Gasteiger partial charge on any atom is 0.337 e. The van der Waals surface area contributed by atoms with Crippen LogP contribution in [0.25, 0.3) is 0 Å². The molecule has 2 N–H and O–H groups in total. The molecule has 6 nitrogen and oxygen atoms in total. The zero-order valence-corrected chi connectivity index (χ0v) is 18.0. The van der Waals surface area contributed by atoms with E-state index in [1.54, 1.807) is 19.2 Å². The molecule has 0 aliphatic carbocycles. The lowest BCUT2D eigenvalue weighted by molar-refractivity contribution is 0.0600. The van der Waals surface area contributed by atoms with Crippen molar-refractivity contribution in [2.24, 2.45) is 4.99 Å². The molecule has 7 heteroatoms. The van der Waals surface area contributed by atoms with Gasteiger partial charge in [-0.05, 0) is 61.5 Å². The number of guanidine groups is 1. The molecular weight excluding hydrogens is 384 g/mol. The van der Waals surface area contributed by atoms with Crippen LogP contribution >= 0.6 is 11.3 Å². The highest BCUT2D eigenvalue weighted by atomic mass is 32.1. The Balaban J connectivity index is 1.48. The Hall–Kier alpha value is -2.38. The molecule has 1 aromatic carbocycles. The summed E-state index contributed by atoms with van der Waals surface area (Å²) in [5, 5.41) is 9.03. The fourth-order valence-electron chi connectivity index (χ4n) is 3.61. The fraction of sp³-hybridized carbons (Fsp3) is 0.455. The lowest BCUT2D eigenvalue weighted by Crippen LogP contribution is -2.43. The molecule has 156 valence electrons. The molecule has 1 aromatic heterocycles. The second kappa shape index (κ2) is 11.0. The van der Waals surface area contributed by atoms with Crippen LogP contribution in [0.3, 0.4) is 0 Å². The first-order valence-corrected chi connectivity index (χ1v) is 11.0.